The van der Waals surface area contributed by atoms with Crippen molar-refractivity contribution >= 4 is 23.6 Å². The van der Waals surface area contributed by atoms with Crippen LogP contribution in [0.1, 0.15) is 32.6 Å². The SMILES string of the molecule is CC(N)(C(=O)N1C(C(=O)O)CSC1C1CC1)C1CC1. The molecule has 3 atom stereocenters. The number of thioether (sulfide) groups is 1. The molecule has 2 saturated carbocycles. The molecule has 3 fully saturated rings. The number of rotatable bonds is 4. The van der Waals surface area contributed by atoms with Gasteiger partial charge in [0, 0.05) is 5.75 Å². The molecule has 3 unspecified atom stereocenters. The second-order valence-corrected chi connectivity index (χ2v) is 7.33. The number of aliphatic carboxylic acids is 1. The number of carbonyl (C=O) groups excluding carboxylic acids is 1. The molecule has 0 aromatic heterocycles. The maximum atomic E-state index is 12.7. The van der Waals surface area contributed by atoms with Crippen LogP contribution in [-0.4, -0.2) is 44.6 Å². The topological polar surface area (TPSA) is 83.6 Å². The maximum Gasteiger partial charge on any atom is 0.327 e. The predicted octanol–water partition coefficient (Wildman–Crippen LogP) is 0.879. The van der Waals surface area contributed by atoms with E-state index in [0.29, 0.717) is 11.7 Å². The van der Waals surface area contributed by atoms with Gasteiger partial charge in [0.25, 0.3) is 0 Å². The van der Waals surface area contributed by atoms with E-state index >= 15 is 0 Å². The zero-order chi connectivity index (χ0) is 13.8. The van der Waals surface area contributed by atoms with Crippen LogP contribution in [0.25, 0.3) is 0 Å². The highest BCUT2D eigenvalue weighted by Crippen LogP contribution is 2.47. The van der Waals surface area contributed by atoms with Crippen LogP contribution >= 0.6 is 11.8 Å². The van der Waals surface area contributed by atoms with E-state index in [0.717, 1.165) is 25.7 Å². The second-order valence-electron chi connectivity index (χ2n) is 6.18. The first kappa shape index (κ1) is 13.2. The van der Waals surface area contributed by atoms with Crippen molar-refractivity contribution in [1.82, 2.24) is 4.90 Å². The summed E-state index contributed by atoms with van der Waals surface area (Å²) in [5, 5.41) is 9.35. The molecule has 3 N–H and O–H groups in total. The smallest absolute Gasteiger partial charge is 0.327 e. The molecule has 1 saturated heterocycles. The lowest BCUT2D eigenvalue weighted by Crippen LogP contribution is -2.59. The Labute approximate surface area is 116 Å². The summed E-state index contributed by atoms with van der Waals surface area (Å²) in [4.78, 5) is 25.7. The molecule has 5 nitrogen and oxygen atoms in total. The van der Waals surface area contributed by atoms with Crippen molar-refractivity contribution in [3.8, 4) is 0 Å². The van der Waals surface area contributed by atoms with E-state index in [1.54, 1.807) is 23.6 Å². The molecule has 19 heavy (non-hydrogen) atoms. The largest absolute Gasteiger partial charge is 0.480 e. The van der Waals surface area contributed by atoms with Gasteiger partial charge in [0.05, 0.1) is 10.9 Å². The zero-order valence-electron chi connectivity index (χ0n) is 11.0. The highest BCUT2D eigenvalue weighted by Gasteiger charge is 2.54. The van der Waals surface area contributed by atoms with Gasteiger partial charge >= 0.3 is 5.97 Å². The van der Waals surface area contributed by atoms with Crippen LogP contribution in [0.4, 0.5) is 0 Å². The van der Waals surface area contributed by atoms with Gasteiger partial charge in [-0.25, -0.2) is 4.79 Å². The van der Waals surface area contributed by atoms with Crippen molar-refractivity contribution in [1.29, 1.82) is 0 Å². The van der Waals surface area contributed by atoms with Crippen molar-refractivity contribution in [3.05, 3.63) is 0 Å². The van der Waals surface area contributed by atoms with E-state index in [4.69, 9.17) is 5.73 Å². The van der Waals surface area contributed by atoms with Gasteiger partial charge in [-0.05, 0) is 44.4 Å². The van der Waals surface area contributed by atoms with Gasteiger partial charge in [-0.3, -0.25) is 4.79 Å². The van der Waals surface area contributed by atoms with Gasteiger partial charge in [0.1, 0.15) is 6.04 Å². The highest BCUT2D eigenvalue weighted by molar-refractivity contribution is 8.00. The predicted molar refractivity (Wildman–Crippen MR) is 72.6 cm³/mol. The summed E-state index contributed by atoms with van der Waals surface area (Å²) >= 11 is 1.60. The lowest BCUT2D eigenvalue weighted by Gasteiger charge is -2.35. The average Bonchev–Trinajstić information content (AvgIpc) is 3.23. The van der Waals surface area contributed by atoms with Crippen LogP contribution in [0.3, 0.4) is 0 Å². The number of hydrogen-bond donors (Lipinski definition) is 2. The minimum atomic E-state index is -0.907. The molecule has 0 radical (unpaired) electrons. The summed E-state index contributed by atoms with van der Waals surface area (Å²) in [6, 6.07) is -0.704. The first-order valence-corrected chi connectivity index (χ1v) is 7.94. The Morgan fingerprint density at radius 2 is 1.95 bits per heavy atom. The molecule has 0 aromatic rings. The molecule has 1 aliphatic heterocycles. The molecule has 106 valence electrons. The normalized spacial score (nSPS) is 34.1. The molecule has 3 aliphatic rings. The number of carbonyl (C=O) groups is 2. The van der Waals surface area contributed by atoms with Crippen LogP contribution in [0.2, 0.25) is 0 Å². The summed E-state index contributed by atoms with van der Waals surface area (Å²) < 4.78 is 0. The van der Waals surface area contributed by atoms with Crippen molar-refractivity contribution in [2.45, 2.75) is 49.6 Å². The van der Waals surface area contributed by atoms with Crippen LogP contribution in [0.15, 0.2) is 0 Å². The van der Waals surface area contributed by atoms with Crippen LogP contribution < -0.4 is 5.73 Å². The van der Waals surface area contributed by atoms with Gasteiger partial charge in [-0.1, -0.05) is 0 Å². The number of carboxylic acids is 1. The molecular formula is C13H20N2O3S. The molecular weight excluding hydrogens is 264 g/mol. The average molecular weight is 284 g/mol. The third-order valence-electron chi connectivity index (χ3n) is 4.47. The van der Waals surface area contributed by atoms with Gasteiger partial charge in [0.15, 0.2) is 0 Å². The lowest BCUT2D eigenvalue weighted by molar-refractivity contribution is -0.152. The minimum absolute atomic E-state index is 0.0234. The van der Waals surface area contributed by atoms with Crippen molar-refractivity contribution < 1.29 is 14.7 Å². The van der Waals surface area contributed by atoms with E-state index in [2.05, 4.69) is 0 Å². The molecule has 0 aromatic carbocycles. The molecule has 1 amide bonds. The van der Waals surface area contributed by atoms with Crippen molar-refractivity contribution in [2.24, 2.45) is 17.6 Å². The standard InChI is InChI=1S/C13H20N2O3S/c1-13(14,8-4-5-8)12(18)15-9(11(16)17)6-19-10(15)7-2-3-7/h7-10H,2-6,14H2,1H3,(H,16,17). The fourth-order valence-electron chi connectivity index (χ4n) is 2.86. The van der Waals surface area contributed by atoms with Gasteiger partial charge in [-0.15, -0.1) is 11.8 Å². The molecule has 1 heterocycles. The molecule has 6 heteroatoms. The molecule has 0 bridgehead atoms. The number of nitrogens with two attached hydrogens (primary N) is 1. The Kier molecular flexibility index (Phi) is 3.05. The summed E-state index contributed by atoms with van der Waals surface area (Å²) in [5.74, 6) is 0.108. The van der Waals surface area contributed by atoms with Gasteiger partial charge in [-0.2, -0.15) is 0 Å². The van der Waals surface area contributed by atoms with E-state index in [9.17, 15) is 14.7 Å². The van der Waals surface area contributed by atoms with Gasteiger partial charge in [0.2, 0.25) is 5.91 Å². The van der Waals surface area contributed by atoms with Crippen LogP contribution in [-0.2, 0) is 9.59 Å². The summed E-state index contributed by atoms with van der Waals surface area (Å²) in [5.41, 5.74) is 5.30. The third kappa shape index (κ3) is 2.25. The zero-order valence-corrected chi connectivity index (χ0v) is 11.9. The first-order chi connectivity index (χ1) is 8.93. The maximum absolute atomic E-state index is 12.7. The van der Waals surface area contributed by atoms with Crippen molar-refractivity contribution in [2.75, 3.05) is 5.75 Å². The monoisotopic (exact) mass is 284 g/mol. The number of carboxylic acid groups (broad SMARTS) is 1. The fourth-order valence-corrected chi connectivity index (χ4v) is 4.49. The Morgan fingerprint density at radius 1 is 1.32 bits per heavy atom. The van der Waals surface area contributed by atoms with Crippen molar-refractivity contribution in [3.63, 3.8) is 0 Å². The molecule has 2 aliphatic carbocycles. The molecule has 3 rings (SSSR count). The lowest BCUT2D eigenvalue weighted by atomic mass is 9.94. The summed E-state index contributed by atoms with van der Waals surface area (Å²) in [7, 11) is 0. The summed E-state index contributed by atoms with van der Waals surface area (Å²) in [6.07, 6.45) is 4.15. The van der Waals surface area contributed by atoms with E-state index in [1.165, 1.54) is 0 Å². The Balaban J connectivity index is 1.84. The number of nitrogens with zero attached hydrogens (tertiary/aromatic N) is 1. The third-order valence-corrected chi connectivity index (χ3v) is 5.93. The second kappa shape index (κ2) is 4.38. The minimum Gasteiger partial charge on any atom is -0.480 e. The quantitative estimate of drug-likeness (QED) is 0.800. The fraction of sp³-hybridized carbons (Fsp3) is 0.846. The van der Waals surface area contributed by atoms with Crippen LogP contribution in [0.5, 0.6) is 0 Å². The van der Waals surface area contributed by atoms with E-state index in [1.807, 2.05) is 0 Å². The van der Waals surface area contributed by atoms with E-state index in [-0.39, 0.29) is 17.2 Å². The number of amides is 1. The van der Waals surface area contributed by atoms with E-state index < -0.39 is 17.6 Å². The molecule has 0 spiro atoms. The summed E-state index contributed by atoms with van der Waals surface area (Å²) in [6.45, 7) is 1.76. The Hall–Kier alpha value is -0.750. The number of hydrogen-bond acceptors (Lipinski definition) is 4. The highest BCUT2D eigenvalue weighted by atomic mass is 32.2. The van der Waals surface area contributed by atoms with Crippen LogP contribution in [0, 0.1) is 11.8 Å². The first-order valence-electron chi connectivity index (χ1n) is 6.89. The van der Waals surface area contributed by atoms with Gasteiger partial charge < -0.3 is 15.7 Å². The Morgan fingerprint density at radius 3 is 2.42 bits per heavy atom. The Bertz CT molecular complexity index is 418.